The van der Waals surface area contributed by atoms with E-state index in [2.05, 4.69) is 5.32 Å². The Hall–Kier alpha value is -4.52. The molecule has 0 aromatic heterocycles. The zero-order valence-electron chi connectivity index (χ0n) is 22.2. The number of carbonyl (C=O) groups is 3. The summed E-state index contributed by atoms with van der Waals surface area (Å²) in [7, 11) is 0. The third kappa shape index (κ3) is 4.46. The molecular formula is C34H27ClN2O4. The summed E-state index contributed by atoms with van der Waals surface area (Å²) in [5.74, 6) is -4.34. The van der Waals surface area contributed by atoms with Gasteiger partial charge in [0, 0.05) is 11.1 Å². The number of carboxylic acids is 1. The molecule has 2 fully saturated rings. The molecule has 6 rings (SSSR count). The highest BCUT2D eigenvalue weighted by atomic mass is 35.5. The van der Waals surface area contributed by atoms with Crippen LogP contribution in [-0.4, -0.2) is 22.9 Å². The van der Waals surface area contributed by atoms with Gasteiger partial charge in [-0.2, -0.15) is 0 Å². The van der Waals surface area contributed by atoms with Crippen LogP contribution in [-0.2, 0) is 19.9 Å². The summed E-state index contributed by atoms with van der Waals surface area (Å²) < 4.78 is 0. The summed E-state index contributed by atoms with van der Waals surface area (Å²) in [6, 6.07) is 30.4. The lowest BCUT2D eigenvalue weighted by Crippen LogP contribution is -2.53. The molecule has 2 aliphatic heterocycles. The summed E-state index contributed by atoms with van der Waals surface area (Å²) in [4.78, 5) is 42.4. The minimum Gasteiger partial charge on any atom is -0.480 e. The minimum absolute atomic E-state index is 0.331. The van der Waals surface area contributed by atoms with Gasteiger partial charge in [0.1, 0.15) is 0 Å². The van der Waals surface area contributed by atoms with Crippen LogP contribution in [0.4, 0.5) is 5.69 Å². The standard InChI is InChI=1S/C34H27ClN2O4/c1-21-12-19-26(20-27(21)35)37-31(38)28-29(32(37)39)34(33(40)41,25-10-6-3-7-11-25)36-30(28)24-17-15-23(16-18-24)14-13-22-8-4-2-5-9-22/h2-20,28-30,36H,1H3,(H,40,41)/b14-13+. The second kappa shape index (κ2) is 10.5. The first-order valence-corrected chi connectivity index (χ1v) is 13.7. The summed E-state index contributed by atoms with van der Waals surface area (Å²) in [6.45, 7) is 1.83. The van der Waals surface area contributed by atoms with Crippen LogP contribution in [0, 0.1) is 18.8 Å². The monoisotopic (exact) mass is 562 g/mol. The van der Waals surface area contributed by atoms with Crippen molar-refractivity contribution in [1.82, 2.24) is 5.32 Å². The molecule has 6 nitrogen and oxygen atoms in total. The molecule has 0 radical (unpaired) electrons. The zero-order valence-corrected chi connectivity index (χ0v) is 23.0. The topological polar surface area (TPSA) is 86.7 Å². The number of halogens is 1. The van der Waals surface area contributed by atoms with Gasteiger partial charge in [-0.3, -0.25) is 14.9 Å². The van der Waals surface area contributed by atoms with E-state index < -0.39 is 41.2 Å². The molecule has 4 aromatic carbocycles. The number of fused-ring (bicyclic) bond motifs is 1. The number of aliphatic carboxylic acids is 1. The molecule has 4 aromatic rings. The first-order chi connectivity index (χ1) is 19.8. The number of nitrogens with zero attached hydrogens (tertiary/aromatic N) is 1. The van der Waals surface area contributed by atoms with Crippen molar-refractivity contribution in [2.75, 3.05) is 4.90 Å². The van der Waals surface area contributed by atoms with Gasteiger partial charge in [0.2, 0.25) is 11.8 Å². The molecule has 204 valence electrons. The van der Waals surface area contributed by atoms with Gasteiger partial charge in [-0.1, -0.05) is 115 Å². The van der Waals surface area contributed by atoms with Gasteiger partial charge < -0.3 is 5.11 Å². The maximum atomic E-state index is 14.1. The van der Waals surface area contributed by atoms with E-state index >= 15 is 0 Å². The Morgan fingerprint density at radius 1 is 0.854 bits per heavy atom. The molecule has 2 saturated heterocycles. The van der Waals surface area contributed by atoms with Crippen LogP contribution in [0.2, 0.25) is 5.02 Å². The molecular weight excluding hydrogens is 536 g/mol. The molecule has 0 saturated carbocycles. The van der Waals surface area contributed by atoms with Gasteiger partial charge in [0.05, 0.1) is 17.5 Å². The maximum absolute atomic E-state index is 14.1. The van der Waals surface area contributed by atoms with Crippen LogP contribution in [0.5, 0.6) is 0 Å². The smallest absolute Gasteiger partial charge is 0.329 e. The van der Waals surface area contributed by atoms with Crippen molar-refractivity contribution >= 4 is 47.2 Å². The van der Waals surface area contributed by atoms with E-state index in [-0.39, 0.29) is 0 Å². The minimum atomic E-state index is -1.81. The average Bonchev–Trinajstić information content (AvgIpc) is 3.49. The molecule has 0 aliphatic carbocycles. The summed E-state index contributed by atoms with van der Waals surface area (Å²) in [5, 5.41) is 14.4. The second-order valence-corrected chi connectivity index (χ2v) is 10.9. The number of amides is 2. The Morgan fingerprint density at radius 3 is 2.07 bits per heavy atom. The van der Waals surface area contributed by atoms with E-state index in [1.165, 1.54) is 0 Å². The SMILES string of the molecule is Cc1ccc(N2C(=O)C3C(c4ccc(/C=C/c5ccccc5)cc4)NC(C(=O)O)(c4ccccc4)C3C2=O)cc1Cl. The first-order valence-electron chi connectivity index (χ1n) is 13.3. The molecule has 41 heavy (non-hydrogen) atoms. The van der Waals surface area contributed by atoms with Crippen molar-refractivity contribution in [2.24, 2.45) is 11.8 Å². The van der Waals surface area contributed by atoms with E-state index in [1.807, 2.05) is 73.7 Å². The molecule has 2 aliphatic rings. The van der Waals surface area contributed by atoms with Crippen LogP contribution in [0.1, 0.15) is 33.9 Å². The van der Waals surface area contributed by atoms with Crippen LogP contribution < -0.4 is 10.2 Å². The summed E-state index contributed by atoms with van der Waals surface area (Å²) in [6.07, 6.45) is 4.00. The van der Waals surface area contributed by atoms with E-state index in [1.54, 1.807) is 48.5 Å². The molecule has 0 spiro atoms. The third-order valence-corrected chi connectivity index (χ3v) is 8.51. The maximum Gasteiger partial charge on any atom is 0.329 e. The van der Waals surface area contributed by atoms with Gasteiger partial charge in [-0.25, -0.2) is 9.69 Å². The first kappa shape index (κ1) is 26.7. The van der Waals surface area contributed by atoms with Gasteiger partial charge in [-0.05, 0) is 46.9 Å². The Bertz CT molecular complexity index is 1670. The Labute approximate surface area is 242 Å². The molecule has 4 unspecified atom stereocenters. The summed E-state index contributed by atoms with van der Waals surface area (Å²) in [5.41, 5.74) is 2.48. The van der Waals surface area contributed by atoms with Crippen molar-refractivity contribution < 1.29 is 19.5 Å². The fourth-order valence-corrected chi connectivity index (χ4v) is 6.20. The number of imide groups is 1. The molecule has 0 bridgehead atoms. The van der Waals surface area contributed by atoms with Gasteiger partial charge in [0.15, 0.2) is 5.54 Å². The second-order valence-electron chi connectivity index (χ2n) is 10.5. The van der Waals surface area contributed by atoms with Gasteiger partial charge in [0.25, 0.3) is 0 Å². The van der Waals surface area contributed by atoms with Crippen molar-refractivity contribution in [3.8, 4) is 0 Å². The number of anilines is 1. The number of aryl methyl sites for hydroxylation is 1. The number of hydrogen-bond donors (Lipinski definition) is 2. The van der Waals surface area contributed by atoms with Gasteiger partial charge >= 0.3 is 5.97 Å². The van der Waals surface area contributed by atoms with Crippen molar-refractivity contribution in [2.45, 2.75) is 18.5 Å². The van der Waals surface area contributed by atoms with Crippen molar-refractivity contribution in [1.29, 1.82) is 0 Å². The van der Waals surface area contributed by atoms with Crippen LogP contribution in [0.15, 0.2) is 103 Å². The number of carbonyl (C=O) groups excluding carboxylic acids is 2. The highest BCUT2D eigenvalue weighted by Gasteiger charge is 2.69. The molecule has 7 heteroatoms. The summed E-state index contributed by atoms with van der Waals surface area (Å²) >= 11 is 6.35. The number of nitrogens with one attached hydrogen (secondary N) is 1. The predicted octanol–water partition coefficient (Wildman–Crippen LogP) is 6.25. The Balaban J connectivity index is 1.43. The lowest BCUT2D eigenvalue weighted by atomic mass is 9.75. The van der Waals surface area contributed by atoms with E-state index in [0.717, 1.165) is 27.2 Å². The Kier molecular flexibility index (Phi) is 6.81. The molecule has 2 heterocycles. The molecule has 2 amide bonds. The normalized spacial score (nSPS) is 23.8. The van der Waals surface area contributed by atoms with Crippen LogP contribution in [0.25, 0.3) is 12.2 Å². The van der Waals surface area contributed by atoms with Crippen molar-refractivity contribution in [3.05, 3.63) is 136 Å². The fourth-order valence-electron chi connectivity index (χ4n) is 6.03. The van der Waals surface area contributed by atoms with Crippen molar-refractivity contribution in [3.63, 3.8) is 0 Å². The Morgan fingerprint density at radius 2 is 1.46 bits per heavy atom. The number of hydrogen-bond acceptors (Lipinski definition) is 4. The highest BCUT2D eigenvalue weighted by molar-refractivity contribution is 6.32. The quantitative estimate of drug-likeness (QED) is 0.214. The lowest BCUT2D eigenvalue weighted by Gasteiger charge is -2.31. The lowest BCUT2D eigenvalue weighted by molar-refractivity contribution is -0.149. The van der Waals surface area contributed by atoms with E-state index in [9.17, 15) is 19.5 Å². The average molecular weight is 563 g/mol. The van der Waals surface area contributed by atoms with E-state index in [0.29, 0.717) is 16.3 Å². The number of carboxylic acid groups (broad SMARTS) is 1. The zero-order chi connectivity index (χ0) is 28.7. The van der Waals surface area contributed by atoms with E-state index in [4.69, 9.17) is 11.6 Å². The fraction of sp³-hybridized carbons (Fsp3) is 0.147. The predicted molar refractivity (Wildman–Crippen MR) is 159 cm³/mol. The highest BCUT2D eigenvalue weighted by Crippen LogP contribution is 2.53. The molecule has 4 atom stereocenters. The largest absolute Gasteiger partial charge is 0.480 e. The van der Waals surface area contributed by atoms with Crippen LogP contribution >= 0.6 is 11.6 Å². The van der Waals surface area contributed by atoms with Gasteiger partial charge in [-0.15, -0.1) is 0 Å². The van der Waals surface area contributed by atoms with Crippen LogP contribution in [0.3, 0.4) is 0 Å². The molecule has 2 N–H and O–H groups in total. The number of benzene rings is 4. The number of rotatable bonds is 6. The third-order valence-electron chi connectivity index (χ3n) is 8.10.